The molecule has 1 unspecified atom stereocenters. The number of amides is 2. The number of carbonyl (C=O) groups is 2. The zero-order valence-electron chi connectivity index (χ0n) is 11.9. The molecule has 0 spiro atoms. The number of halogens is 1. The number of anilines is 1. The third-order valence-electron chi connectivity index (χ3n) is 2.54. The van der Waals surface area contributed by atoms with Crippen LogP contribution in [0.25, 0.3) is 0 Å². The van der Waals surface area contributed by atoms with Gasteiger partial charge in [0, 0.05) is 6.04 Å². The fraction of sp³-hybridized carbons (Fsp3) is 0.429. The maximum absolute atomic E-state index is 11.7. The normalized spacial score (nSPS) is 12.1. The molecule has 0 aliphatic rings. The first-order valence-corrected chi connectivity index (χ1v) is 6.86. The first kappa shape index (κ1) is 16.5. The number of para-hydroxylation sites is 1. The number of hydrogen-bond acceptors (Lipinski definition) is 3. The van der Waals surface area contributed by atoms with Crippen LogP contribution in [0.4, 0.5) is 5.69 Å². The molecule has 110 valence electrons. The lowest BCUT2D eigenvalue weighted by molar-refractivity contribution is -0.123. The summed E-state index contributed by atoms with van der Waals surface area (Å²) in [6.45, 7) is 5.52. The van der Waals surface area contributed by atoms with Gasteiger partial charge in [0.25, 0.3) is 0 Å². The molecule has 0 aliphatic carbocycles. The second-order valence-electron chi connectivity index (χ2n) is 4.79. The van der Waals surface area contributed by atoms with Crippen molar-refractivity contribution < 1.29 is 9.59 Å². The Morgan fingerprint density at radius 2 is 1.85 bits per heavy atom. The molecule has 0 aliphatic heterocycles. The minimum atomic E-state index is -0.436. The Balaban J connectivity index is 2.40. The van der Waals surface area contributed by atoms with E-state index >= 15 is 0 Å². The van der Waals surface area contributed by atoms with Crippen LogP contribution in [0.1, 0.15) is 20.8 Å². The first-order valence-electron chi connectivity index (χ1n) is 6.48. The van der Waals surface area contributed by atoms with Gasteiger partial charge in [0.15, 0.2) is 0 Å². The molecular weight excluding hydrogens is 278 g/mol. The molecule has 6 heteroatoms. The third kappa shape index (κ3) is 5.59. The molecule has 0 saturated heterocycles. The molecule has 0 heterocycles. The van der Waals surface area contributed by atoms with E-state index in [1.807, 2.05) is 13.8 Å². The van der Waals surface area contributed by atoms with Crippen LogP contribution in [0.5, 0.6) is 0 Å². The van der Waals surface area contributed by atoms with Gasteiger partial charge in [-0.2, -0.15) is 0 Å². The lowest BCUT2D eigenvalue weighted by atomic mass is 10.2. The topological polar surface area (TPSA) is 70.2 Å². The van der Waals surface area contributed by atoms with E-state index < -0.39 is 6.04 Å². The largest absolute Gasteiger partial charge is 0.353 e. The summed E-state index contributed by atoms with van der Waals surface area (Å²) in [6.07, 6.45) is 0. The highest BCUT2D eigenvalue weighted by Gasteiger charge is 2.14. The standard InChI is InChI=1S/C14H20ClN3O2/c1-9(2)17-14(20)10(3)16-8-13(19)18-12-7-5-4-6-11(12)15/h4-7,9-10,16H,8H2,1-3H3,(H,17,20)(H,18,19). The molecule has 1 aromatic rings. The summed E-state index contributed by atoms with van der Waals surface area (Å²) in [4.78, 5) is 23.4. The highest BCUT2D eigenvalue weighted by Crippen LogP contribution is 2.19. The minimum Gasteiger partial charge on any atom is -0.353 e. The van der Waals surface area contributed by atoms with E-state index in [0.29, 0.717) is 10.7 Å². The van der Waals surface area contributed by atoms with E-state index in [1.165, 1.54) is 0 Å². The molecule has 5 nitrogen and oxygen atoms in total. The molecule has 0 saturated carbocycles. The van der Waals surface area contributed by atoms with E-state index in [0.717, 1.165) is 0 Å². The van der Waals surface area contributed by atoms with Crippen molar-refractivity contribution in [3.8, 4) is 0 Å². The summed E-state index contributed by atoms with van der Waals surface area (Å²) in [5.41, 5.74) is 0.556. The van der Waals surface area contributed by atoms with Crippen molar-refractivity contribution in [2.45, 2.75) is 32.9 Å². The van der Waals surface area contributed by atoms with Crippen molar-refractivity contribution in [2.75, 3.05) is 11.9 Å². The van der Waals surface area contributed by atoms with Gasteiger partial charge in [-0.1, -0.05) is 23.7 Å². The number of hydrogen-bond donors (Lipinski definition) is 3. The Morgan fingerprint density at radius 3 is 2.45 bits per heavy atom. The molecule has 20 heavy (non-hydrogen) atoms. The zero-order valence-corrected chi connectivity index (χ0v) is 12.6. The van der Waals surface area contributed by atoms with E-state index in [1.54, 1.807) is 31.2 Å². The molecule has 3 N–H and O–H groups in total. The molecule has 0 aromatic heterocycles. The maximum atomic E-state index is 11.7. The van der Waals surface area contributed by atoms with E-state index in [9.17, 15) is 9.59 Å². The predicted molar refractivity (Wildman–Crippen MR) is 80.8 cm³/mol. The predicted octanol–water partition coefficient (Wildman–Crippen LogP) is 1.78. The summed E-state index contributed by atoms with van der Waals surface area (Å²) < 4.78 is 0. The molecule has 1 rings (SSSR count). The van der Waals surface area contributed by atoms with Gasteiger partial charge in [-0.15, -0.1) is 0 Å². The Morgan fingerprint density at radius 1 is 1.20 bits per heavy atom. The van der Waals surface area contributed by atoms with Crippen LogP contribution < -0.4 is 16.0 Å². The fourth-order valence-corrected chi connectivity index (χ4v) is 1.69. The molecule has 0 radical (unpaired) electrons. The molecule has 1 atom stereocenters. The first-order chi connectivity index (χ1) is 9.40. The van der Waals surface area contributed by atoms with Crippen LogP contribution >= 0.6 is 11.6 Å². The van der Waals surface area contributed by atoms with Crippen molar-refractivity contribution in [3.63, 3.8) is 0 Å². The van der Waals surface area contributed by atoms with Gasteiger partial charge in [0.1, 0.15) is 0 Å². The van der Waals surface area contributed by atoms with Crippen LogP contribution in [0.3, 0.4) is 0 Å². The summed E-state index contributed by atoms with van der Waals surface area (Å²) in [5, 5.41) is 8.79. The highest BCUT2D eigenvalue weighted by atomic mass is 35.5. The van der Waals surface area contributed by atoms with E-state index in [2.05, 4.69) is 16.0 Å². The van der Waals surface area contributed by atoms with Crippen molar-refractivity contribution in [1.29, 1.82) is 0 Å². The van der Waals surface area contributed by atoms with E-state index in [-0.39, 0.29) is 24.4 Å². The Bertz CT molecular complexity index is 477. The lowest BCUT2D eigenvalue weighted by Gasteiger charge is -2.16. The van der Waals surface area contributed by atoms with Crippen molar-refractivity contribution in [2.24, 2.45) is 0 Å². The van der Waals surface area contributed by atoms with Gasteiger partial charge in [0.2, 0.25) is 11.8 Å². The van der Waals surface area contributed by atoms with E-state index in [4.69, 9.17) is 11.6 Å². The number of benzene rings is 1. The Labute approximate surface area is 124 Å². The second kappa shape index (κ2) is 7.87. The van der Waals surface area contributed by atoms with Crippen LogP contribution in [0.2, 0.25) is 5.02 Å². The van der Waals surface area contributed by atoms with Crippen LogP contribution in [-0.2, 0) is 9.59 Å². The van der Waals surface area contributed by atoms with Gasteiger partial charge < -0.3 is 10.6 Å². The van der Waals surface area contributed by atoms with Gasteiger partial charge in [-0.3, -0.25) is 14.9 Å². The van der Waals surface area contributed by atoms with Crippen LogP contribution in [0.15, 0.2) is 24.3 Å². The molecule has 1 aromatic carbocycles. The number of carbonyl (C=O) groups excluding carboxylic acids is 2. The monoisotopic (exact) mass is 297 g/mol. The van der Waals surface area contributed by atoms with Crippen molar-refractivity contribution in [3.05, 3.63) is 29.3 Å². The van der Waals surface area contributed by atoms with Gasteiger partial charge in [-0.05, 0) is 32.9 Å². The van der Waals surface area contributed by atoms with Gasteiger partial charge in [0.05, 0.1) is 23.3 Å². The SMILES string of the molecule is CC(C)NC(=O)C(C)NCC(=O)Nc1ccccc1Cl. The summed E-state index contributed by atoms with van der Waals surface area (Å²) in [5.74, 6) is -0.382. The summed E-state index contributed by atoms with van der Waals surface area (Å²) >= 11 is 5.94. The average Bonchev–Trinajstić information content (AvgIpc) is 2.38. The van der Waals surface area contributed by atoms with Gasteiger partial charge >= 0.3 is 0 Å². The number of nitrogens with one attached hydrogen (secondary N) is 3. The molecule has 0 bridgehead atoms. The zero-order chi connectivity index (χ0) is 15.1. The fourth-order valence-electron chi connectivity index (χ4n) is 1.50. The minimum absolute atomic E-state index is 0.0396. The Kier molecular flexibility index (Phi) is 6.48. The maximum Gasteiger partial charge on any atom is 0.238 e. The molecule has 2 amide bonds. The molecule has 0 fully saturated rings. The summed E-state index contributed by atoms with van der Waals surface area (Å²) in [6, 6.07) is 6.62. The quantitative estimate of drug-likeness (QED) is 0.749. The Hall–Kier alpha value is -1.59. The third-order valence-corrected chi connectivity index (χ3v) is 2.87. The average molecular weight is 298 g/mol. The lowest BCUT2D eigenvalue weighted by Crippen LogP contribution is -2.46. The highest BCUT2D eigenvalue weighted by molar-refractivity contribution is 6.33. The summed E-state index contributed by atoms with van der Waals surface area (Å²) in [7, 11) is 0. The molecular formula is C14H20ClN3O2. The smallest absolute Gasteiger partial charge is 0.238 e. The second-order valence-corrected chi connectivity index (χ2v) is 5.20. The van der Waals surface area contributed by atoms with Crippen molar-refractivity contribution >= 4 is 29.1 Å². The van der Waals surface area contributed by atoms with Crippen LogP contribution in [0, 0.1) is 0 Å². The van der Waals surface area contributed by atoms with Gasteiger partial charge in [-0.25, -0.2) is 0 Å². The number of rotatable bonds is 6. The van der Waals surface area contributed by atoms with Crippen molar-refractivity contribution in [1.82, 2.24) is 10.6 Å². The van der Waals surface area contributed by atoms with Crippen LogP contribution in [-0.4, -0.2) is 30.4 Å².